The summed E-state index contributed by atoms with van der Waals surface area (Å²) in [7, 11) is 0. The monoisotopic (exact) mass is 384 g/mol. The Morgan fingerprint density at radius 2 is 1.93 bits per heavy atom. The maximum Gasteiger partial charge on any atom is 0.321 e. The van der Waals surface area contributed by atoms with Crippen LogP contribution in [-0.2, 0) is 6.54 Å². The first-order valence-corrected chi connectivity index (χ1v) is 9.36. The molecule has 2 aromatic carbocycles. The second-order valence-corrected chi connectivity index (χ2v) is 7.09. The highest BCUT2D eigenvalue weighted by molar-refractivity contribution is 6.31. The van der Waals surface area contributed by atoms with Crippen LogP contribution < -0.4 is 5.32 Å². The lowest BCUT2D eigenvalue weighted by molar-refractivity contribution is 0.136. The number of carbonyl (C=O) groups is 1. The molecular formula is C20H21ClN4O2. The van der Waals surface area contributed by atoms with E-state index in [1.165, 1.54) is 0 Å². The summed E-state index contributed by atoms with van der Waals surface area (Å²) in [6, 6.07) is 13.2. The zero-order valence-electron chi connectivity index (χ0n) is 15.1. The summed E-state index contributed by atoms with van der Waals surface area (Å²) in [5.74, 6) is 0.712. The molecule has 3 aromatic rings. The molecule has 1 aliphatic rings. The highest BCUT2D eigenvalue weighted by Gasteiger charge is 2.22. The van der Waals surface area contributed by atoms with Crippen molar-refractivity contribution in [1.29, 1.82) is 0 Å². The molecule has 27 heavy (non-hydrogen) atoms. The molecule has 0 aliphatic carbocycles. The van der Waals surface area contributed by atoms with Crippen molar-refractivity contribution < 1.29 is 9.21 Å². The van der Waals surface area contributed by atoms with Crippen molar-refractivity contribution in [2.45, 2.75) is 13.5 Å². The number of benzene rings is 2. The molecule has 4 rings (SSSR count). The number of anilines is 1. The van der Waals surface area contributed by atoms with Gasteiger partial charge >= 0.3 is 6.03 Å². The zero-order valence-corrected chi connectivity index (χ0v) is 15.9. The summed E-state index contributed by atoms with van der Waals surface area (Å²) >= 11 is 6.12. The molecular weight excluding hydrogens is 364 g/mol. The number of para-hydroxylation sites is 2. The van der Waals surface area contributed by atoms with Gasteiger partial charge in [0.25, 0.3) is 0 Å². The maximum atomic E-state index is 12.5. The predicted octanol–water partition coefficient (Wildman–Crippen LogP) is 4.14. The smallest absolute Gasteiger partial charge is 0.321 e. The van der Waals surface area contributed by atoms with Crippen molar-refractivity contribution in [3.8, 4) is 0 Å². The van der Waals surface area contributed by atoms with Gasteiger partial charge in [0.15, 0.2) is 5.58 Å². The molecule has 0 unspecified atom stereocenters. The fraction of sp³-hybridized carbons (Fsp3) is 0.300. The van der Waals surface area contributed by atoms with Crippen LogP contribution in [0, 0.1) is 6.92 Å². The topological polar surface area (TPSA) is 61.6 Å². The van der Waals surface area contributed by atoms with Crippen LogP contribution in [0.3, 0.4) is 0 Å². The standard InChI is InChI=1S/C20H21ClN4O2/c1-14-15(21)5-4-7-16(14)23-20(26)25-11-9-24(10-12-25)13-19-22-17-6-2-3-8-18(17)27-19/h2-8H,9-13H2,1H3,(H,23,26). The summed E-state index contributed by atoms with van der Waals surface area (Å²) in [5, 5.41) is 3.61. The van der Waals surface area contributed by atoms with Crippen molar-refractivity contribution in [2.75, 3.05) is 31.5 Å². The van der Waals surface area contributed by atoms with Crippen molar-refractivity contribution in [3.05, 3.63) is 58.9 Å². The molecule has 0 spiro atoms. The number of hydrogen-bond donors (Lipinski definition) is 1. The Labute approximate surface area is 162 Å². The van der Waals surface area contributed by atoms with Crippen LogP contribution in [0.15, 0.2) is 46.9 Å². The molecule has 0 saturated carbocycles. The van der Waals surface area contributed by atoms with Gasteiger partial charge in [-0.25, -0.2) is 9.78 Å². The highest BCUT2D eigenvalue weighted by Crippen LogP contribution is 2.23. The van der Waals surface area contributed by atoms with E-state index in [9.17, 15) is 4.79 Å². The summed E-state index contributed by atoms with van der Waals surface area (Å²) < 4.78 is 5.79. The van der Waals surface area contributed by atoms with E-state index in [-0.39, 0.29) is 6.03 Å². The molecule has 0 radical (unpaired) electrons. The number of hydrogen-bond acceptors (Lipinski definition) is 4. The van der Waals surface area contributed by atoms with Gasteiger partial charge in [-0.1, -0.05) is 29.8 Å². The molecule has 7 heteroatoms. The number of piperazine rings is 1. The number of nitrogens with one attached hydrogen (secondary N) is 1. The van der Waals surface area contributed by atoms with Gasteiger partial charge in [-0.2, -0.15) is 0 Å². The third kappa shape index (κ3) is 3.91. The minimum atomic E-state index is -0.0955. The summed E-state index contributed by atoms with van der Waals surface area (Å²) in [6.45, 7) is 5.42. The van der Waals surface area contributed by atoms with Gasteiger partial charge < -0.3 is 14.6 Å². The Hall–Kier alpha value is -2.57. The van der Waals surface area contributed by atoms with Crippen molar-refractivity contribution >= 4 is 34.4 Å². The number of oxazole rings is 1. The molecule has 1 fully saturated rings. The van der Waals surface area contributed by atoms with E-state index in [1.54, 1.807) is 0 Å². The number of nitrogens with zero attached hydrogens (tertiary/aromatic N) is 3. The van der Waals surface area contributed by atoms with Gasteiger partial charge in [-0.3, -0.25) is 4.90 Å². The van der Waals surface area contributed by atoms with E-state index in [2.05, 4.69) is 15.2 Å². The lowest BCUT2D eigenvalue weighted by atomic mass is 10.2. The van der Waals surface area contributed by atoms with E-state index < -0.39 is 0 Å². The quantitative estimate of drug-likeness (QED) is 0.737. The molecule has 2 heterocycles. The molecule has 140 valence electrons. The van der Waals surface area contributed by atoms with E-state index in [0.29, 0.717) is 30.5 Å². The number of fused-ring (bicyclic) bond motifs is 1. The lowest BCUT2D eigenvalue weighted by Crippen LogP contribution is -2.49. The van der Waals surface area contributed by atoms with E-state index in [4.69, 9.17) is 16.0 Å². The first-order chi connectivity index (χ1) is 13.1. The Balaban J connectivity index is 1.33. The van der Waals surface area contributed by atoms with Crippen molar-refractivity contribution in [1.82, 2.24) is 14.8 Å². The molecule has 1 aromatic heterocycles. The highest BCUT2D eigenvalue weighted by atomic mass is 35.5. The average Bonchev–Trinajstić information content (AvgIpc) is 3.08. The van der Waals surface area contributed by atoms with Gasteiger partial charge in [-0.05, 0) is 36.8 Å². The predicted molar refractivity (Wildman–Crippen MR) is 106 cm³/mol. The lowest BCUT2D eigenvalue weighted by Gasteiger charge is -2.34. The van der Waals surface area contributed by atoms with Crippen molar-refractivity contribution in [3.63, 3.8) is 0 Å². The van der Waals surface area contributed by atoms with E-state index in [1.807, 2.05) is 54.3 Å². The van der Waals surface area contributed by atoms with Gasteiger partial charge in [0, 0.05) is 36.9 Å². The molecule has 2 amide bonds. The largest absolute Gasteiger partial charge is 0.439 e. The van der Waals surface area contributed by atoms with Crippen molar-refractivity contribution in [2.24, 2.45) is 0 Å². The molecule has 6 nitrogen and oxygen atoms in total. The van der Waals surface area contributed by atoms with Crippen LogP contribution in [0.25, 0.3) is 11.1 Å². The Bertz CT molecular complexity index is 931. The second kappa shape index (κ2) is 7.58. The molecule has 1 aliphatic heterocycles. The summed E-state index contributed by atoms with van der Waals surface area (Å²) in [6.07, 6.45) is 0. The SMILES string of the molecule is Cc1c(Cl)cccc1NC(=O)N1CCN(Cc2nc3ccccc3o2)CC1. The second-order valence-electron chi connectivity index (χ2n) is 6.68. The third-order valence-electron chi connectivity index (χ3n) is 4.87. The fourth-order valence-corrected chi connectivity index (χ4v) is 3.40. The molecule has 0 atom stereocenters. The number of aromatic nitrogens is 1. The van der Waals surface area contributed by atoms with Crippen LogP contribution >= 0.6 is 11.6 Å². The number of amides is 2. The molecule has 0 bridgehead atoms. The van der Waals surface area contributed by atoms with Gasteiger partial charge in [0.1, 0.15) is 5.52 Å². The van der Waals surface area contributed by atoms with Crippen LogP contribution in [0.1, 0.15) is 11.5 Å². The minimum absolute atomic E-state index is 0.0955. The Kier molecular flexibility index (Phi) is 5.01. The number of rotatable bonds is 3. The maximum absolute atomic E-state index is 12.5. The summed E-state index contributed by atoms with van der Waals surface area (Å²) in [4.78, 5) is 21.1. The van der Waals surface area contributed by atoms with Gasteiger partial charge in [-0.15, -0.1) is 0 Å². The Morgan fingerprint density at radius 1 is 1.15 bits per heavy atom. The van der Waals surface area contributed by atoms with E-state index in [0.717, 1.165) is 35.4 Å². The first-order valence-electron chi connectivity index (χ1n) is 8.98. The van der Waals surface area contributed by atoms with Crippen LogP contribution in [-0.4, -0.2) is 47.0 Å². The number of halogens is 1. The van der Waals surface area contributed by atoms with Crippen LogP contribution in [0.2, 0.25) is 5.02 Å². The fourth-order valence-electron chi connectivity index (χ4n) is 3.23. The first kappa shape index (κ1) is 17.8. The third-order valence-corrected chi connectivity index (χ3v) is 5.28. The average molecular weight is 385 g/mol. The van der Waals surface area contributed by atoms with Crippen LogP contribution in [0.5, 0.6) is 0 Å². The minimum Gasteiger partial charge on any atom is -0.439 e. The van der Waals surface area contributed by atoms with Crippen LogP contribution in [0.4, 0.5) is 10.5 Å². The normalized spacial score (nSPS) is 15.3. The Morgan fingerprint density at radius 3 is 2.70 bits per heavy atom. The van der Waals surface area contributed by atoms with Gasteiger partial charge in [0.2, 0.25) is 5.89 Å². The number of carbonyl (C=O) groups excluding carboxylic acids is 1. The number of urea groups is 1. The zero-order chi connectivity index (χ0) is 18.8. The molecule has 1 N–H and O–H groups in total. The summed E-state index contributed by atoms with van der Waals surface area (Å²) in [5.41, 5.74) is 3.31. The van der Waals surface area contributed by atoms with E-state index >= 15 is 0 Å². The van der Waals surface area contributed by atoms with Gasteiger partial charge in [0.05, 0.1) is 6.54 Å². The molecule has 1 saturated heterocycles.